The third-order valence-electron chi connectivity index (χ3n) is 5.58. The van der Waals surface area contributed by atoms with Gasteiger partial charge in [0.2, 0.25) is 10.0 Å². The van der Waals surface area contributed by atoms with Gasteiger partial charge in [-0.3, -0.25) is 9.52 Å². The maximum atomic E-state index is 15.0. The Balaban J connectivity index is 1.64. The van der Waals surface area contributed by atoms with Crippen LogP contribution in [0.4, 0.5) is 20.2 Å². The van der Waals surface area contributed by atoms with Gasteiger partial charge in [-0.2, -0.15) is 0 Å². The number of rotatable bonds is 9. The van der Waals surface area contributed by atoms with E-state index in [9.17, 15) is 17.6 Å². The van der Waals surface area contributed by atoms with Crippen LogP contribution < -0.4 is 10.0 Å². The van der Waals surface area contributed by atoms with Crippen molar-refractivity contribution in [2.45, 2.75) is 19.9 Å². The molecule has 2 aromatic carbocycles. The van der Waals surface area contributed by atoms with Crippen molar-refractivity contribution >= 4 is 38.3 Å². The summed E-state index contributed by atoms with van der Waals surface area (Å²) in [6.07, 6.45) is 3.48. The van der Waals surface area contributed by atoms with Crippen molar-refractivity contribution in [1.82, 2.24) is 14.9 Å². The topological polar surface area (TPSA) is 107 Å². The third kappa shape index (κ3) is 5.95. The number of carbonyl (C=O) groups excluding carboxylic acids is 1. The molecule has 2 heterocycles. The number of aromatic amines is 1. The van der Waals surface area contributed by atoms with Crippen LogP contribution in [0.25, 0.3) is 22.2 Å². The first-order valence-corrected chi connectivity index (χ1v) is 13.2. The van der Waals surface area contributed by atoms with Crippen LogP contribution >= 0.6 is 0 Å². The van der Waals surface area contributed by atoms with Crippen molar-refractivity contribution in [3.05, 3.63) is 77.6 Å². The number of carbonyl (C=O) groups is 1. The second kappa shape index (κ2) is 10.7. The summed E-state index contributed by atoms with van der Waals surface area (Å²) in [5.74, 6) is -3.74. The number of nitrogens with zero attached hydrogens (tertiary/aromatic N) is 2. The number of benzene rings is 2. The summed E-state index contributed by atoms with van der Waals surface area (Å²) in [6, 6.07) is 11.5. The Morgan fingerprint density at radius 2 is 1.92 bits per heavy atom. The molecule has 0 radical (unpaired) electrons. The molecule has 0 unspecified atom stereocenters. The predicted octanol–water partition coefficient (Wildman–Crippen LogP) is 4.97. The molecule has 3 N–H and O–H groups in total. The molecule has 0 atom stereocenters. The molecule has 0 spiro atoms. The van der Waals surface area contributed by atoms with Crippen LogP contribution in [-0.2, 0) is 16.6 Å². The van der Waals surface area contributed by atoms with Crippen molar-refractivity contribution in [3.8, 4) is 11.1 Å². The molecule has 37 heavy (non-hydrogen) atoms. The van der Waals surface area contributed by atoms with E-state index < -0.39 is 38.8 Å². The number of nitrogens with one attached hydrogen (secondary N) is 3. The molecule has 0 aliphatic heterocycles. The van der Waals surface area contributed by atoms with E-state index in [0.717, 1.165) is 35.4 Å². The molecular weight excluding hydrogens is 500 g/mol. The lowest BCUT2D eigenvalue weighted by molar-refractivity contribution is 0.101. The van der Waals surface area contributed by atoms with Gasteiger partial charge in [0, 0.05) is 23.7 Å². The first-order chi connectivity index (χ1) is 17.6. The number of H-pyrrole nitrogens is 1. The van der Waals surface area contributed by atoms with E-state index in [1.54, 1.807) is 13.0 Å². The van der Waals surface area contributed by atoms with Gasteiger partial charge in [0.15, 0.2) is 5.82 Å². The number of aromatic nitrogens is 2. The van der Waals surface area contributed by atoms with Gasteiger partial charge in [0.25, 0.3) is 5.91 Å². The molecule has 0 saturated carbocycles. The zero-order valence-electron chi connectivity index (χ0n) is 20.6. The fourth-order valence-electron chi connectivity index (χ4n) is 4.03. The molecule has 4 aromatic rings. The highest BCUT2D eigenvalue weighted by Gasteiger charge is 2.23. The minimum atomic E-state index is -3.84. The van der Waals surface area contributed by atoms with Gasteiger partial charge < -0.3 is 15.2 Å². The molecule has 0 saturated heterocycles. The zero-order chi connectivity index (χ0) is 26.7. The molecule has 0 fully saturated rings. The van der Waals surface area contributed by atoms with Crippen molar-refractivity contribution < 1.29 is 22.0 Å². The predicted molar refractivity (Wildman–Crippen MR) is 141 cm³/mol. The maximum absolute atomic E-state index is 15.0. The van der Waals surface area contributed by atoms with Crippen LogP contribution in [0.5, 0.6) is 0 Å². The Kier molecular flexibility index (Phi) is 7.55. The standard InChI is InChI=1S/C26H27F2N5O3S/c1-4-10-37(35,36)32-22-9-8-21(27)23(24(22)28)26(34)31-18-12-19-20(14-30-25(19)29-13-18)17-7-5-6-16(11-17)15-33(2)3/h5-9,11-14,32H,4,10,15H2,1-3H3,(H,29,30)(H,31,34). The van der Waals surface area contributed by atoms with Crippen molar-refractivity contribution in [1.29, 1.82) is 0 Å². The van der Waals surface area contributed by atoms with Crippen LogP contribution in [0, 0.1) is 11.6 Å². The van der Waals surface area contributed by atoms with E-state index >= 15 is 4.39 Å². The third-order valence-corrected chi connectivity index (χ3v) is 7.06. The quantitative estimate of drug-likeness (QED) is 0.285. The summed E-state index contributed by atoms with van der Waals surface area (Å²) < 4.78 is 55.7. The molecule has 0 bridgehead atoms. The second-order valence-corrected chi connectivity index (χ2v) is 10.8. The maximum Gasteiger partial charge on any atom is 0.261 e. The summed E-state index contributed by atoms with van der Waals surface area (Å²) in [5.41, 5.74) is 2.31. The van der Waals surface area contributed by atoms with Crippen molar-refractivity contribution in [2.24, 2.45) is 0 Å². The number of anilines is 2. The lowest BCUT2D eigenvalue weighted by Crippen LogP contribution is -2.20. The zero-order valence-corrected chi connectivity index (χ0v) is 21.4. The Morgan fingerprint density at radius 1 is 1.14 bits per heavy atom. The average molecular weight is 528 g/mol. The van der Waals surface area contributed by atoms with E-state index in [-0.39, 0.29) is 11.4 Å². The number of pyridine rings is 1. The fraction of sp³-hybridized carbons (Fsp3) is 0.231. The molecule has 0 aliphatic rings. The Bertz CT molecular complexity index is 1570. The highest BCUT2D eigenvalue weighted by atomic mass is 32.2. The Hall–Kier alpha value is -3.83. The summed E-state index contributed by atoms with van der Waals surface area (Å²) in [6.45, 7) is 2.42. The van der Waals surface area contributed by atoms with E-state index in [4.69, 9.17) is 0 Å². The van der Waals surface area contributed by atoms with Crippen LogP contribution in [0.15, 0.2) is 54.9 Å². The summed E-state index contributed by atoms with van der Waals surface area (Å²) >= 11 is 0. The molecular formula is C26H27F2N5O3S. The van der Waals surface area contributed by atoms with Crippen molar-refractivity contribution in [3.63, 3.8) is 0 Å². The van der Waals surface area contributed by atoms with Gasteiger partial charge in [-0.15, -0.1) is 0 Å². The number of sulfonamides is 1. The summed E-state index contributed by atoms with van der Waals surface area (Å²) in [4.78, 5) is 22.3. The number of fused-ring (bicyclic) bond motifs is 1. The van der Waals surface area contributed by atoms with E-state index in [2.05, 4.69) is 31.0 Å². The highest BCUT2D eigenvalue weighted by molar-refractivity contribution is 7.92. The molecule has 194 valence electrons. The molecule has 0 aliphatic carbocycles. The van der Waals surface area contributed by atoms with Gasteiger partial charge in [-0.25, -0.2) is 22.2 Å². The molecule has 1 amide bonds. The molecule has 2 aromatic heterocycles. The van der Waals surface area contributed by atoms with Gasteiger partial charge in [-0.1, -0.05) is 25.1 Å². The summed E-state index contributed by atoms with van der Waals surface area (Å²) in [5, 5.41) is 3.18. The van der Waals surface area contributed by atoms with E-state index in [1.807, 2.05) is 38.5 Å². The smallest absolute Gasteiger partial charge is 0.261 e. The minimum absolute atomic E-state index is 0.221. The monoisotopic (exact) mass is 527 g/mol. The second-order valence-electron chi connectivity index (χ2n) is 8.92. The Morgan fingerprint density at radius 3 is 2.65 bits per heavy atom. The molecule has 4 rings (SSSR count). The van der Waals surface area contributed by atoms with E-state index in [0.29, 0.717) is 17.5 Å². The lowest BCUT2D eigenvalue weighted by Gasteiger charge is -2.12. The first-order valence-electron chi connectivity index (χ1n) is 11.6. The fourth-order valence-corrected chi connectivity index (χ4v) is 5.17. The van der Waals surface area contributed by atoms with Gasteiger partial charge >= 0.3 is 0 Å². The van der Waals surface area contributed by atoms with Crippen molar-refractivity contribution in [2.75, 3.05) is 29.9 Å². The average Bonchev–Trinajstić information content (AvgIpc) is 3.24. The summed E-state index contributed by atoms with van der Waals surface area (Å²) in [7, 11) is 0.129. The van der Waals surface area contributed by atoms with Crippen LogP contribution in [0.2, 0.25) is 0 Å². The Labute approximate surface area is 213 Å². The number of halogens is 2. The number of amides is 1. The molecule has 11 heteroatoms. The van der Waals surface area contributed by atoms with Gasteiger partial charge in [0.1, 0.15) is 17.0 Å². The van der Waals surface area contributed by atoms with Crippen LogP contribution in [0.3, 0.4) is 0 Å². The largest absolute Gasteiger partial charge is 0.346 e. The van der Waals surface area contributed by atoms with Gasteiger partial charge in [-0.05, 0) is 55.9 Å². The lowest BCUT2D eigenvalue weighted by atomic mass is 10.0. The molecule has 8 nitrogen and oxygen atoms in total. The highest BCUT2D eigenvalue weighted by Crippen LogP contribution is 2.31. The van der Waals surface area contributed by atoms with Gasteiger partial charge in [0.05, 0.1) is 23.3 Å². The number of hydrogen-bond donors (Lipinski definition) is 3. The normalized spacial score (nSPS) is 11.7. The minimum Gasteiger partial charge on any atom is -0.346 e. The first kappa shape index (κ1) is 26.2. The van der Waals surface area contributed by atoms with E-state index in [1.165, 1.54) is 6.20 Å². The van der Waals surface area contributed by atoms with Crippen LogP contribution in [0.1, 0.15) is 29.3 Å². The SMILES string of the molecule is CCCS(=O)(=O)Nc1ccc(F)c(C(=O)Nc2cnc3[nH]cc(-c4cccc(CN(C)C)c4)c3c2)c1F. The van der Waals surface area contributed by atoms with Crippen LogP contribution in [-0.4, -0.2) is 49.0 Å². The number of hydrogen-bond acceptors (Lipinski definition) is 5.